The minimum Gasteiger partial charge on any atom is -0.375 e. The number of nitrogens with zero attached hydrogens (tertiary/aromatic N) is 3. The van der Waals surface area contributed by atoms with E-state index in [-0.39, 0.29) is 5.91 Å². The minimum atomic E-state index is -0.258. The summed E-state index contributed by atoms with van der Waals surface area (Å²) in [5.41, 5.74) is 6.60. The molecule has 0 saturated carbocycles. The molecule has 0 spiro atoms. The van der Waals surface area contributed by atoms with Gasteiger partial charge in [0.25, 0.3) is 5.91 Å². The summed E-state index contributed by atoms with van der Waals surface area (Å²) in [4.78, 5) is 22.7. The average Bonchev–Trinajstić information content (AvgIpc) is 3.10. The van der Waals surface area contributed by atoms with E-state index in [0.717, 1.165) is 31.7 Å². The molecule has 104 valence electrons. The van der Waals surface area contributed by atoms with Crippen LogP contribution in [0.3, 0.4) is 0 Å². The average molecular weight is 289 g/mol. The third-order valence-electron chi connectivity index (χ3n) is 3.20. The summed E-state index contributed by atoms with van der Waals surface area (Å²) in [7, 11) is 0. The first kappa shape index (κ1) is 12.9. The summed E-state index contributed by atoms with van der Waals surface area (Å²) >= 11 is 1.25. The molecule has 1 aliphatic heterocycles. The van der Waals surface area contributed by atoms with Crippen LogP contribution >= 0.6 is 11.3 Å². The van der Waals surface area contributed by atoms with Crippen LogP contribution in [0.15, 0.2) is 23.7 Å². The molecule has 0 radical (unpaired) electrons. The number of hydrogen-bond acceptors (Lipinski definition) is 6. The molecule has 2 aromatic rings. The normalized spacial score (nSPS) is 14.5. The van der Waals surface area contributed by atoms with Crippen LogP contribution in [-0.4, -0.2) is 29.0 Å². The summed E-state index contributed by atoms with van der Waals surface area (Å²) in [6, 6.07) is 3.67. The van der Waals surface area contributed by atoms with Gasteiger partial charge in [-0.15, -0.1) is 11.3 Å². The highest BCUT2D eigenvalue weighted by atomic mass is 32.1. The fourth-order valence-corrected chi connectivity index (χ4v) is 2.80. The Bertz CT molecular complexity index is 621. The first-order chi connectivity index (χ1) is 9.74. The molecule has 6 nitrogen and oxygen atoms in total. The first-order valence-electron chi connectivity index (χ1n) is 6.46. The number of pyridine rings is 1. The molecule has 1 saturated heterocycles. The molecule has 0 aromatic carbocycles. The number of carbonyl (C=O) groups excluding carboxylic acids is 1. The van der Waals surface area contributed by atoms with Gasteiger partial charge in [-0.2, -0.15) is 0 Å². The number of nitrogens with two attached hydrogens (primary N) is 1. The van der Waals surface area contributed by atoms with Crippen molar-refractivity contribution in [2.24, 2.45) is 0 Å². The molecule has 0 unspecified atom stereocenters. The zero-order valence-electron chi connectivity index (χ0n) is 10.9. The van der Waals surface area contributed by atoms with Gasteiger partial charge in [0.05, 0.1) is 5.69 Å². The molecule has 20 heavy (non-hydrogen) atoms. The van der Waals surface area contributed by atoms with Gasteiger partial charge in [0, 0.05) is 24.7 Å². The number of thiazole rings is 1. The lowest BCUT2D eigenvalue weighted by Crippen LogP contribution is -2.22. The van der Waals surface area contributed by atoms with Crippen molar-refractivity contribution >= 4 is 33.9 Å². The summed E-state index contributed by atoms with van der Waals surface area (Å²) in [5, 5.41) is 4.90. The summed E-state index contributed by atoms with van der Waals surface area (Å²) in [5.74, 6) is 0.563. The van der Waals surface area contributed by atoms with Crippen LogP contribution in [0.2, 0.25) is 0 Å². The molecule has 1 fully saturated rings. The van der Waals surface area contributed by atoms with Crippen LogP contribution in [0.4, 0.5) is 16.6 Å². The van der Waals surface area contributed by atoms with E-state index in [1.165, 1.54) is 11.3 Å². The Morgan fingerprint density at radius 2 is 2.20 bits per heavy atom. The third kappa shape index (κ3) is 2.57. The number of nitrogen functional groups attached to an aromatic ring is 1. The lowest BCUT2D eigenvalue weighted by atomic mass is 10.3. The largest absolute Gasteiger partial charge is 0.375 e. The van der Waals surface area contributed by atoms with E-state index in [1.807, 2.05) is 12.1 Å². The van der Waals surface area contributed by atoms with E-state index in [1.54, 1.807) is 11.6 Å². The van der Waals surface area contributed by atoms with Gasteiger partial charge >= 0.3 is 0 Å². The van der Waals surface area contributed by atoms with Crippen LogP contribution in [0.25, 0.3) is 0 Å². The fourth-order valence-electron chi connectivity index (χ4n) is 2.25. The molecule has 0 aliphatic carbocycles. The monoisotopic (exact) mass is 289 g/mol. The van der Waals surface area contributed by atoms with Gasteiger partial charge in [0.1, 0.15) is 5.69 Å². The molecule has 0 bridgehead atoms. The van der Waals surface area contributed by atoms with Crippen LogP contribution in [0.5, 0.6) is 0 Å². The van der Waals surface area contributed by atoms with Gasteiger partial charge in [-0.1, -0.05) is 0 Å². The van der Waals surface area contributed by atoms with Crippen molar-refractivity contribution in [2.45, 2.75) is 12.8 Å². The number of anilines is 3. The molecular weight excluding hydrogens is 274 g/mol. The molecule has 0 atom stereocenters. The SMILES string of the molecule is Nc1nc(C(=O)Nc2cccnc2N2CCCC2)cs1. The van der Waals surface area contributed by atoms with E-state index in [0.29, 0.717) is 16.5 Å². The summed E-state index contributed by atoms with van der Waals surface area (Å²) in [6.45, 7) is 1.95. The second-order valence-electron chi connectivity index (χ2n) is 4.59. The van der Waals surface area contributed by atoms with E-state index < -0.39 is 0 Å². The number of nitrogens with one attached hydrogen (secondary N) is 1. The van der Waals surface area contributed by atoms with E-state index in [9.17, 15) is 4.79 Å². The Kier molecular flexibility index (Phi) is 3.51. The number of carbonyl (C=O) groups is 1. The van der Waals surface area contributed by atoms with Crippen molar-refractivity contribution < 1.29 is 4.79 Å². The molecule has 1 amide bonds. The highest BCUT2D eigenvalue weighted by molar-refractivity contribution is 7.13. The number of aromatic nitrogens is 2. The maximum Gasteiger partial charge on any atom is 0.275 e. The quantitative estimate of drug-likeness (QED) is 0.902. The Morgan fingerprint density at radius 3 is 2.90 bits per heavy atom. The number of rotatable bonds is 3. The van der Waals surface area contributed by atoms with E-state index in [2.05, 4.69) is 20.2 Å². The summed E-state index contributed by atoms with van der Waals surface area (Å²) in [6.07, 6.45) is 4.06. The van der Waals surface area contributed by atoms with Gasteiger partial charge in [0.15, 0.2) is 10.9 Å². The van der Waals surface area contributed by atoms with Crippen molar-refractivity contribution in [3.05, 3.63) is 29.4 Å². The Balaban J connectivity index is 1.81. The van der Waals surface area contributed by atoms with Crippen molar-refractivity contribution in [3.63, 3.8) is 0 Å². The van der Waals surface area contributed by atoms with Crippen molar-refractivity contribution in [3.8, 4) is 0 Å². The molecule has 3 rings (SSSR count). The highest BCUT2D eigenvalue weighted by Crippen LogP contribution is 2.26. The second kappa shape index (κ2) is 5.46. The molecule has 3 N–H and O–H groups in total. The minimum absolute atomic E-state index is 0.258. The Hall–Kier alpha value is -2.15. The van der Waals surface area contributed by atoms with Gasteiger partial charge in [-0.3, -0.25) is 4.79 Å². The van der Waals surface area contributed by atoms with Gasteiger partial charge in [-0.05, 0) is 25.0 Å². The lowest BCUT2D eigenvalue weighted by molar-refractivity contribution is 0.102. The van der Waals surface area contributed by atoms with Crippen LogP contribution in [0, 0.1) is 0 Å². The fraction of sp³-hybridized carbons (Fsp3) is 0.308. The number of hydrogen-bond donors (Lipinski definition) is 2. The lowest BCUT2D eigenvalue weighted by Gasteiger charge is -2.19. The molecule has 7 heteroatoms. The van der Waals surface area contributed by atoms with E-state index in [4.69, 9.17) is 5.73 Å². The van der Waals surface area contributed by atoms with Crippen molar-refractivity contribution in [2.75, 3.05) is 29.0 Å². The summed E-state index contributed by atoms with van der Waals surface area (Å²) < 4.78 is 0. The van der Waals surface area contributed by atoms with Crippen LogP contribution < -0.4 is 16.0 Å². The smallest absolute Gasteiger partial charge is 0.275 e. The third-order valence-corrected chi connectivity index (χ3v) is 3.87. The zero-order valence-corrected chi connectivity index (χ0v) is 11.7. The predicted molar refractivity (Wildman–Crippen MR) is 80.2 cm³/mol. The Morgan fingerprint density at radius 1 is 1.40 bits per heavy atom. The maximum absolute atomic E-state index is 12.1. The standard InChI is InChI=1S/C13H15N5OS/c14-13-17-10(8-20-13)12(19)16-9-4-3-5-15-11(9)18-6-1-2-7-18/h3-5,8H,1-2,6-7H2,(H2,14,17)(H,16,19). The molecule has 2 aromatic heterocycles. The van der Waals surface area contributed by atoms with Gasteiger partial charge in [-0.25, -0.2) is 9.97 Å². The van der Waals surface area contributed by atoms with Crippen molar-refractivity contribution in [1.82, 2.24) is 9.97 Å². The predicted octanol–water partition coefficient (Wildman–Crippen LogP) is 1.97. The van der Waals surface area contributed by atoms with Crippen LogP contribution in [-0.2, 0) is 0 Å². The van der Waals surface area contributed by atoms with Crippen LogP contribution in [0.1, 0.15) is 23.3 Å². The van der Waals surface area contributed by atoms with Crippen molar-refractivity contribution in [1.29, 1.82) is 0 Å². The Labute approximate surface area is 120 Å². The molecular formula is C13H15N5OS. The zero-order chi connectivity index (χ0) is 13.9. The number of amides is 1. The topological polar surface area (TPSA) is 84.1 Å². The first-order valence-corrected chi connectivity index (χ1v) is 7.34. The molecule has 1 aliphatic rings. The second-order valence-corrected chi connectivity index (χ2v) is 5.48. The van der Waals surface area contributed by atoms with Gasteiger partial charge in [0.2, 0.25) is 0 Å². The maximum atomic E-state index is 12.1. The highest BCUT2D eigenvalue weighted by Gasteiger charge is 2.19. The molecule has 3 heterocycles. The van der Waals surface area contributed by atoms with E-state index >= 15 is 0 Å². The van der Waals surface area contributed by atoms with Gasteiger partial charge < -0.3 is 16.0 Å².